The van der Waals surface area contributed by atoms with Gasteiger partial charge >= 0.3 is 5.97 Å². The fourth-order valence-corrected chi connectivity index (χ4v) is 2.56. The molecule has 7 heteroatoms. The molecular weight excluding hydrogens is 346 g/mol. The third-order valence-electron chi connectivity index (χ3n) is 3.60. The molecule has 0 saturated carbocycles. The highest BCUT2D eigenvalue weighted by Crippen LogP contribution is 2.34. The zero-order valence-corrected chi connectivity index (χ0v) is 13.4. The van der Waals surface area contributed by atoms with E-state index in [1.165, 1.54) is 18.2 Å². The first-order valence-electron chi connectivity index (χ1n) is 7.12. The third-order valence-corrected chi connectivity index (χ3v) is 3.89. The van der Waals surface area contributed by atoms with Gasteiger partial charge in [0.2, 0.25) is 0 Å². The monoisotopic (exact) mass is 357 g/mol. The van der Waals surface area contributed by atoms with E-state index in [0.717, 1.165) is 0 Å². The lowest BCUT2D eigenvalue weighted by molar-refractivity contribution is 0.0694. The van der Waals surface area contributed by atoms with Crippen molar-refractivity contribution in [1.29, 1.82) is 0 Å². The van der Waals surface area contributed by atoms with Crippen LogP contribution in [0.1, 0.15) is 21.6 Å². The lowest BCUT2D eigenvalue weighted by Gasteiger charge is -2.05. The van der Waals surface area contributed by atoms with Gasteiger partial charge in [0.05, 0.1) is 10.7 Å². The van der Waals surface area contributed by atoms with Gasteiger partial charge in [0.1, 0.15) is 11.1 Å². The molecule has 3 rings (SSSR count). The van der Waals surface area contributed by atoms with E-state index in [4.69, 9.17) is 16.7 Å². The fraction of sp³-hybridized carbons (Fsp3) is 0. The van der Waals surface area contributed by atoms with Gasteiger partial charge in [0.25, 0.3) is 0 Å². The van der Waals surface area contributed by atoms with Crippen molar-refractivity contribution < 1.29 is 25.2 Å². The topological polar surface area (TPSA) is 111 Å². The van der Waals surface area contributed by atoms with Crippen LogP contribution in [0, 0.1) is 0 Å². The Morgan fingerprint density at radius 2 is 1.72 bits per heavy atom. The van der Waals surface area contributed by atoms with Crippen LogP contribution < -0.4 is 0 Å². The second kappa shape index (κ2) is 6.33. The largest absolute Gasteiger partial charge is 0.505 e. The van der Waals surface area contributed by atoms with Crippen LogP contribution in [-0.4, -0.2) is 31.4 Å². The van der Waals surface area contributed by atoms with Crippen molar-refractivity contribution in [2.75, 3.05) is 0 Å². The molecule has 0 amide bonds. The Morgan fingerprint density at radius 1 is 1.00 bits per heavy atom. The molecular formula is C18H12ClNO5. The normalized spacial score (nSPS) is 11.2. The summed E-state index contributed by atoms with van der Waals surface area (Å²) < 4.78 is 0. The summed E-state index contributed by atoms with van der Waals surface area (Å²) in [4.78, 5) is 15.3. The minimum Gasteiger partial charge on any atom is -0.505 e. The van der Waals surface area contributed by atoms with Gasteiger partial charge in [-0.15, -0.1) is 0 Å². The van der Waals surface area contributed by atoms with E-state index in [9.17, 15) is 20.1 Å². The Hall–Kier alpha value is -3.25. The summed E-state index contributed by atoms with van der Waals surface area (Å²) in [5.41, 5.74) is 0.949. The highest BCUT2D eigenvalue weighted by molar-refractivity contribution is 6.32. The molecule has 0 aliphatic heterocycles. The smallest absolute Gasteiger partial charge is 0.339 e. The number of fused-ring (bicyclic) bond motifs is 1. The summed E-state index contributed by atoms with van der Waals surface area (Å²) in [6.07, 6.45) is 3.21. The Kier molecular flexibility index (Phi) is 4.21. The molecule has 0 atom stereocenters. The number of aromatic carboxylic acids is 1. The summed E-state index contributed by atoms with van der Waals surface area (Å²) in [6, 6.07) is 9.08. The minimum absolute atomic E-state index is 0.00913. The molecule has 0 bridgehead atoms. The van der Waals surface area contributed by atoms with Crippen molar-refractivity contribution in [3.05, 3.63) is 58.2 Å². The Labute approximate surface area is 146 Å². The molecule has 3 aromatic rings. The number of pyridine rings is 1. The van der Waals surface area contributed by atoms with E-state index in [-0.39, 0.29) is 21.9 Å². The number of aromatic nitrogens is 1. The lowest BCUT2D eigenvalue weighted by atomic mass is 10.1. The second-order valence-electron chi connectivity index (χ2n) is 5.28. The molecule has 1 heterocycles. The van der Waals surface area contributed by atoms with Gasteiger partial charge in [-0.05, 0) is 35.9 Å². The highest BCUT2D eigenvalue weighted by Gasteiger charge is 2.13. The summed E-state index contributed by atoms with van der Waals surface area (Å²) in [5, 5.41) is 38.8. The van der Waals surface area contributed by atoms with E-state index in [1.807, 2.05) is 0 Å². The second-order valence-corrected chi connectivity index (χ2v) is 5.69. The van der Waals surface area contributed by atoms with Crippen molar-refractivity contribution in [2.24, 2.45) is 0 Å². The third kappa shape index (κ3) is 3.20. The molecule has 0 radical (unpaired) electrons. The molecule has 4 N–H and O–H groups in total. The maximum atomic E-state index is 11.1. The van der Waals surface area contributed by atoms with E-state index in [2.05, 4.69) is 4.98 Å². The van der Waals surface area contributed by atoms with Gasteiger partial charge in [0.15, 0.2) is 17.2 Å². The Morgan fingerprint density at radius 3 is 2.40 bits per heavy atom. The molecule has 0 saturated heterocycles. The average Bonchev–Trinajstić information content (AvgIpc) is 2.58. The van der Waals surface area contributed by atoms with Gasteiger partial charge in [-0.3, -0.25) is 0 Å². The molecule has 6 nitrogen and oxygen atoms in total. The number of phenols is 3. The number of carboxylic acids is 1. The van der Waals surface area contributed by atoms with Gasteiger partial charge < -0.3 is 20.4 Å². The van der Waals surface area contributed by atoms with Gasteiger partial charge in [-0.25, -0.2) is 9.78 Å². The SMILES string of the molecule is O=C(O)c1ccc2ccc(/C=C/c3cc(O)c(O)c(Cl)c3)nc2c1O. The molecule has 25 heavy (non-hydrogen) atoms. The van der Waals surface area contributed by atoms with E-state index in [1.54, 1.807) is 30.4 Å². The number of halogens is 1. The zero-order chi connectivity index (χ0) is 18.1. The predicted octanol–water partition coefficient (Wildman–Crippen LogP) is 3.87. The number of hydrogen-bond acceptors (Lipinski definition) is 5. The molecule has 0 spiro atoms. The quantitative estimate of drug-likeness (QED) is 0.529. The van der Waals surface area contributed by atoms with Crippen LogP contribution in [0.4, 0.5) is 0 Å². The molecule has 0 fully saturated rings. The van der Waals surface area contributed by atoms with Crippen LogP contribution in [0.15, 0.2) is 36.4 Å². The average molecular weight is 358 g/mol. The van der Waals surface area contributed by atoms with Gasteiger partial charge in [-0.2, -0.15) is 0 Å². The van der Waals surface area contributed by atoms with Crippen molar-refractivity contribution in [2.45, 2.75) is 0 Å². The minimum atomic E-state index is -1.24. The van der Waals surface area contributed by atoms with Crippen molar-refractivity contribution in [3.63, 3.8) is 0 Å². The number of phenolic OH excluding ortho intramolecular Hbond substituents is 2. The molecule has 1 aromatic heterocycles. The van der Waals surface area contributed by atoms with Crippen LogP contribution >= 0.6 is 11.6 Å². The summed E-state index contributed by atoms with van der Waals surface area (Å²) in [7, 11) is 0. The number of benzene rings is 2. The van der Waals surface area contributed by atoms with Gasteiger partial charge in [-0.1, -0.05) is 29.8 Å². The zero-order valence-electron chi connectivity index (χ0n) is 12.6. The first-order valence-corrected chi connectivity index (χ1v) is 7.50. The number of rotatable bonds is 3. The summed E-state index contributed by atoms with van der Waals surface area (Å²) in [6.45, 7) is 0. The Balaban J connectivity index is 2.02. The van der Waals surface area contributed by atoms with Gasteiger partial charge in [0, 0.05) is 5.39 Å². The van der Waals surface area contributed by atoms with E-state index >= 15 is 0 Å². The molecule has 0 aliphatic carbocycles. The van der Waals surface area contributed by atoms with E-state index < -0.39 is 17.5 Å². The summed E-state index contributed by atoms with van der Waals surface area (Å²) in [5.74, 6) is -2.38. The number of carbonyl (C=O) groups is 1. The van der Waals surface area contributed by atoms with E-state index in [0.29, 0.717) is 16.6 Å². The van der Waals surface area contributed by atoms with Crippen molar-refractivity contribution >= 4 is 40.6 Å². The highest BCUT2D eigenvalue weighted by atomic mass is 35.5. The standard InChI is InChI=1S/C18H12ClNO5/c19-13-7-9(8-14(21)17(13)23)1-4-11-5-2-10-3-6-12(18(24)25)16(22)15(10)20-11/h1-8,21-23H,(H,24,25)/b4-1+. The molecule has 0 aliphatic rings. The first kappa shape index (κ1) is 16.6. The number of nitrogens with zero attached hydrogens (tertiary/aromatic N) is 1. The molecule has 2 aromatic carbocycles. The van der Waals surface area contributed by atoms with Crippen LogP contribution in [0.25, 0.3) is 23.1 Å². The van der Waals surface area contributed by atoms with Crippen LogP contribution in [0.2, 0.25) is 5.02 Å². The number of carboxylic acid groups (broad SMARTS) is 1. The number of aromatic hydroxyl groups is 3. The maximum absolute atomic E-state index is 11.1. The lowest BCUT2D eigenvalue weighted by Crippen LogP contribution is -1.97. The number of hydrogen-bond donors (Lipinski definition) is 4. The van der Waals surface area contributed by atoms with Crippen LogP contribution in [0.3, 0.4) is 0 Å². The van der Waals surface area contributed by atoms with Crippen LogP contribution in [-0.2, 0) is 0 Å². The first-order chi connectivity index (χ1) is 11.9. The maximum Gasteiger partial charge on any atom is 0.339 e. The predicted molar refractivity (Wildman–Crippen MR) is 94.1 cm³/mol. The fourth-order valence-electron chi connectivity index (χ4n) is 2.34. The molecule has 126 valence electrons. The van der Waals surface area contributed by atoms with Crippen molar-refractivity contribution in [1.82, 2.24) is 4.98 Å². The summed E-state index contributed by atoms with van der Waals surface area (Å²) >= 11 is 5.80. The Bertz CT molecular complexity index is 1010. The van der Waals surface area contributed by atoms with Crippen molar-refractivity contribution in [3.8, 4) is 17.2 Å². The molecule has 0 unspecified atom stereocenters. The van der Waals surface area contributed by atoms with Crippen LogP contribution in [0.5, 0.6) is 17.2 Å².